The van der Waals surface area contributed by atoms with E-state index in [0.29, 0.717) is 0 Å². The van der Waals surface area contributed by atoms with Gasteiger partial charge in [0, 0.05) is 11.9 Å². The van der Waals surface area contributed by atoms with Gasteiger partial charge in [-0.3, -0.25) is 23.5 Å². The van der Waals surface area contributed by atoms with E-state index in [0.717, 1.165) is 6.33 Å². The summed E-state index contributed by atoms with van der Waals surface area (Å²) in [5.41, 5.74) is 4.65. The minimum atomic E-state index is -5.57. The lowest BCUT2D eigenvalue weighted by Crippen LogP contribution is -2.49. The monoisotopic (exact) mass is 759 g/mol. The zero-order valence-corrected chi connectivity index (χ0v) is 30.0. The van der Waals surface area contributed by atoms with E-state index in [1.54, 1.807) is 13.1 Å². The highest BCUT2D eigenvalue weighted by Crippen LogP contribution is 2.62. The van der Waals surface area contributed by atoms with Crippen molar-refractivity contribution in [3.8, 4) is 11.9 Å². The maximum absolute atomic E-state index is 13.6. The van der Waals surface area contributed by atoms with E-state index in [9.17, 15) is 47.9 Å². The molecule has 0 amide bonds. The van der Waals surface area contributed by atoms with Crippen LogP contribution in [-0.2, 0) is 45.1 Å². The molecule has 29 heteroatoms. The van der Waals surface area contributed by atoms with Crippen molar-refractivity contribution in [2.24, 2.45) is 0 Å². The number of rotatable bonds is 14. The van der Waals surface area contributed by atoms with E-state index in [1.165, 1.54) is 16.5 Å². The van der Waals surface area contributed by atoms with Gasteiger partial charge in [0.15, 0.2) is 25.7 Å². The lowest BCUT2D eigenvalue weighted by molar-refractivity contribution is -0.0455. The van der Waals surface area contributed by atoms with Crippen LogP contribution < -0.4 is 11.3 Å². The number of nitrogens with zero attached hydrogens (tertiary/aromatic N) is 5. The molecule has 0 aromatic carbocycles. The summed E-state index contributed by atoms with van der Waals surface area (Å²) in [6.07, 6.45) is -5.30. The summed E-state index contributed by atoms with van der Waals surface area (Å²) in [7, 11) is -24.0. The average Bonchev–Trinajstić information content (AvgIpc) is 3.41. The summed E-state index contributed by atoms with van der Waals surface area (Å²) >= 11 is 0. The first-order valence-corrected chi connectivity index (χ1v) is 22.6. The maximum Gasteiger partial charge on any atom is 0.476 e. The first-order chi connectivity index (χ1) is 21.3. The van der Waals surface area contributed by atoms with E-state index in [2.05, 4.69) is 23.6 Å². The number of hydrogen-bond acceptors (Lipinski definition) is 16. The quantitative estimate of drug-likeness (QED) is 0.114. The van der Waals surface area contributed by atoms with Gasteiger partial charge in [0.1, 0.15) is 18.3 Å². The highest BCUT2D eigenvalue weighted by Gasteiger charge is 2.55. The molecule has 6 atom stereocenters. The van der Waals surface area contributed by atoms with E-state index in [-0.39, 0.29) is 17.1 Å². The average molecular weight is 759 g/mol. The fourth-order valence-electron chi connectivity index (χ4n) is 4.02. The van der Waals surface area contributed by atoms with E-state index in [1.807, 2.05) is 20.8 Å². The van der Waals surface area contributed by atoms with Crippen LogP contribution in [0.2, 0.25) is 18.1 Å². The SMILES string of the molecule is CC(C)(C)[Si](C)(C)OC1C(OP(=O)(BC#N)OP(=O)(O)O)C(COP(=O)(BC#N)OP(=O)(O)O)OC1n1cnc2c(=O)[nH]c(N)nc21. The van der Waals surface area contributed by atoms with Gasteiger partial charge < -0.3 is 43.5 Å². The molecule has 258 valence electrons. The molecule has 0 saturated carbocycles. The topological polar surface area (TPSA) is 342 Å². The van der Waals surface area contributed by atoms with Crippen molar-refractivity contribution in [1.29, 1.82) is 10.5 Å². The van der Waals surface area contributed by atoms with Gasteiger partial charge in [0.25, 0.3) is 5.56 Å². The molecule has 0 bridgehead atoms. The van der Waals surface area contributed by atoms with Crippen LogP contribution in [0, 0.1) is 22.5 Å². The molecule has 0 aliphatic carbocycles. The molecule has 7 N–H and O–H groups in total. The number of anilines is 1. The van der Waals surface area contributed by atoms with Crippen LogP contribution in [0.15, 0.2) is 11.1 Å². The van der Waals surface area contributed by atoms with E-state index >= 15 is 0 Å². The molecule has 2 aromatic rings. The minimum Gasteiger partial charge on any atom is -0.407 e. The maximum atomic E-state index is 13.6. The van der Waals surface area contributed by atoms with Crippen LogP contribution in [0.1, 0.15) is 27.0 Å². The van der Waals surface area contributed by atoms with Crippen LogP contribution in [-0.4, -0.2) is 86.3 Å². The number of ether oxygens (including phenoxy) is 1. The molecule has 1 aliphatic rings. The van der Waals surface area contributed by atoms with Crippen molar-refractivity contribution in [3.63, 3.8) is 0 Å². The molecule has 1 aliphatic heterocycles. The largest absolute Gasteiger partial charge is 0.476 e. The Morgan fingerprint density at radius 3 is 2.15 bits per heavy atom. The summed E-state index contributed by atoms with van der Waals surface area (Å²) in [4.78, 5) is 60.3. The van der Waals surface area contributed by atoms with Gasteiger partial charge in [-0.05, 0) is 18.1 Å². The third-order valence-electron chi connectivity index (χ3n) is 6.96. The summed E-state index contributed by atoms with van der Waals surface area (Å²) in [5, 5.41) is 17.9. The van der Waals surface area contributed by atoms with Crippen molar-refractivity contribution in [3.05, 3.63) is 16.7 Å². The highest BCUT2D eigenvalue weighted by molar-refractivity contribution is 7.88. The smallest absolute Gasteiger partial charge is 0.407 e. The molecule has 6 unspecified atom stereocenters. The minimum absolute atomic E-state index is 0.146. The molecular formula is C18H31B2N7O15P4Si. The number of nitrogens with two attached hydrogens (primary N) is 1. The standard InChI is InChI=1S/C18H31B2N7O15P4Si/c1-18(2,3)47(4,5)40-13-12(39-44(30,20-8-22)42-46(34,35)36)10(6-37-43(29,19-7-21)41-45(31,32)33)38-16(13)27-9-24-11-14(27)25-17(23)26-15(11)28/h9-10,12-13,16,19-20H,6H2,1-5H3,(H2,31,32,33)(H2,34,35,36)(H3,23,25,26,28). The van der Waals surface area contributed by atoms with Crippen LogP contribution >= 0.6 is 30.6 Å². The zero-order chi connectivity index (χ0) is 35.8. The lowest BCUT2D eigenvalue weighted by Gasteiger charge is -2.41. The molecule has 22 nitrogen and oxygen atoms in total. The highest BCUT2D eigenvalue weighted by atomic mass is 31.3. The number of nitrogen functional groups attached to an aromatic ring is 1. The molecule has 2 aromatic heterocycles. The number of nitriles is 2. The first kappa shape index (κ1) is 39.4. The molecule has 3 rings (SSSR count). The Kier molecular flexibility index (Phi) is 11.8. The molecule has 1 saturated heterocycles. The normalized spacial score (nSPS) is 23.4. The Morgan fingerprint density at radius 2 is 1.62 bits per heavy atom. The Labute approximate surface area is 268 Å². The van der Waals surface area contributed by atoms with Crippen molar-refractivity contribution in [2.45, 2.75) is 63.4 Å². The van der Waals surface area contributed by atoms with Gasteiger partial charge in [0.2, 0.25) is 5.95 Å². The van der Waals surface area contributed by atoms with Crippen LogP contribution in [0.3, 0.4) is 0 Å². The predicted octanol–water partition coefficient (Wildman–Crippen LogP) is 0.661. The van der Waals surface area contributed by atoms with Crippen molar-refractivity contribution in [2.75, 3.05) is 12.3 Å². The van der Waals surface area contributed by atoms with Gasteiger partial charge in [-0.1, -0.05) is 20.8 Å². The number of hydrogen-bond donors (Lipinski definition) is 6. The van der Waals surface area contributed by atoms with Crippen molar-refractivity contribution < 1.29 is 64.7 Å². The number of nitrogens with one attached hydrogen (secondary N) is 1. The second kappa shape index (κ2) is 14.1. The van der Waals surface area contributed by atoms with Gasteiger partial charge in [-0.25, -0.2) is 33.3 Å². The second-order valence-corrected chi connectivity index (χ2v) is 23.1. The Bertz CT molecular complexity index is 1830. The summed E-state index contributed by atoms with van der Waals surface area (Å²) < 4.78 is 83.3. The molecule has 0 radical (unpaired) electrons. The molecule has 3 heterocycles. The van der Waals surface area contributed by atoms with Gasteiger partial charge in [-0.15, -0.1) is 0 Å². The second-order valence-electron chi connectivity index (χ2n) is 11.5. The Hall–Kier alpha value is -2.00. The van der Waals surface area contributed by atoms with E-state index in [4.69, 9.17) is 29.2 Å². The molecule has 0 spiro atoms. The van der Waals surface area contributed by atoms with Gasteiger partial charge in [0.05, 0.1) is 12.9 Å². The molecular weight excluding hydrogens is 728 g/mol. The Balaban J connectivity index is 2.24. The molecule has 47 heavy (non-hydrogen) atoms. The number of phosphoric acid groups is 2. The van der Waals surface area contributed by atoms with Gasteiger partial charge in [-0.2, -0.15) is 4.98 Å². The zero-order valence-electron chi connectivity index (χ0n) is 25.4. The third kappa shape index (κ3) is 10.0. The third-order valence-corrected chi connectivity index (χ3v) is 17.3. The predicted molar refractivity (Wildman–Crippen MR) is 166 cm³/mol. The Morgan fingerprint density at radius 1 is 1.06 bits per heavy atom. The summed E-state index contributed by atoms with van der Waals surface area (Å²) in [6, 6.07) is 0. The fourth-order valence-corrected chi connectivity index (χ4v) is 10.2. The number of imidazole rings is 1. The number of aromatic nitrogens is 4. The van der Waals surface area contributed by atoms with Gasteiger partial charge >= 0.3 is 44.6 Å². The first-order valence-electron chi connectivity index (χ1n) is 13.2. The number of H-pyrrole nitrogens is 1. The fraction of sp³-hybridized carbons (Fsp3) is 0.611. The summed E-state index contributed by atoms with van der Waals surface area (Å²) in [5.74, 6) is 2.55. The van der Waals surface area contributed by atoms with Crippen LogP contribution in [0.5, 0.6) is 0 Å². The van der Waals surface area contributed by atoms with Crippen molar-refractivity contribution in [1.82, 2.24) is 19.5 Å². The van der Waals surface area contributed by atoms with Crippen LogP contribution in [0.25, 0.3) is 11.2 Å². The van der Waals surface area contributed by atoms with E-state index < -0.39 is 94.7 Å². The lowest BCUT2D eigenvalue weighted by atomic mass is 10.1. The molecule has 1 fully saturated rings. The number of aromatic amines is 1. The summed E-state index contributed by atoms with van der Waals surface area (Å²) in [6.45, 7) is 5.80. The number of fused-ring (bicyclic) bond motifs is 1. The van der Waals surface area contributed by atoms with Crippen LogP contribution in [0.4, 0.5) is 5.95 Å². The van der Waals surface area contributed by atoms with Crippen molar-refractivity contribution >= 4 is 70.0 Å².